The molecule has 1 aromatic carbocycles. The maximum atomic E-state index is 11.1. The molecule has 0 bridgehead atoms. The number of nitrogens with one attached hydrogen (secondary N) is 1. The first-order valence-electron chi connectivity index (χ1n) is 6.56. The van der Waals surface area contributed by atoms with Crippen LogP contribution in [-0.4, -0.2) is 16.5 Å². The smallest absolute Gasteiger partial charge is 0.275 e. The van der Waals surface area contributed by atoms with Crippen LogP contribution >= 0.6 is 11.3 Å². The van der Waals surface area contributed by atoms with Crippen LogP contribution in [0.1, 0.15) is 6.92 Å². The van der Waals surface area contributed by atoms with Gasteiger partial charge in [-0.15, -0.1) is 11.3 Å². The first-order valence-corrected chi connectivity index (χ1v) is 7.44. The highest BCUT2D eigenvalue weighted by atomic mass is 32.1. The molecular formula is C15H13N3O2S. The van der Waals surface area contributed by atoms with Gasteiger partial charge < -0.3 is 5.32 Å². The van der Waals surface area contributed by atoms with Crippen LogP contribution in [-0.2, 0) is 0 Å². The third-order valence-corrected chi connectivity index (χ3v) is 4.10. The lowest BCUT2D eigenvalue weighted by atomic mass is 10.1. The van der Waals surface area contributed by atoms with Gasteiger partial charge in [-0.3, -0.25) is 10.1 Å². The van der Waals surface area contributed by atoms with Crippen molar-refractivity contribution in [2.45, 2.75) is 6.92 Å². The highest BCUT2D eigenvalue weighted by Gasteiger charge is 2.14. The molecule has 0 aliphatic heterocycles. The Kier molecular flexibility index (Phi) is 3.53. The van der Waals surface area contributed by atoms with Crippen molar-refractivity contribution in [1.82, 2.24) is 4.98 Å². The van der Waals surface area contributed by atoms with E-state index in [4.69, 9.17) is 0 Å². The molecule has 0 unspecified atom stereocenters. The number of hydrogen-bond donors (Lipinski definition) is 1. The van der Waals surface area contributed by atoms with Gasteiger partial charge >= 0.3 is 0 Å². The highest BCUT2D eigenvalue weighted by Crippen LogP contribution is 2.33. The largest absolute Gasteiger partial charge is 0.370 e. The molecule has 6 heteroatoms. The molecule has 0 radical (unpaired) electrons. The van der Waals surface area contributed by atoms with E-state index in [1.54, 1.807) is 11.3 Å². The summed E-state index contributed by atoms with van der Waals surface area (Å²) in [5.41, 5.74) is 1.59. The van der Waals surface area contributed by atoms with Gasteiger partial charge in [0.25, 0.3) is 5.69 Å². The quantitative estimate of drug-likeness (QED) is 0.576. The number of anilines is 1. The zero-order valence-electron chi connectivity index (χ0n) is 11.4. The Morgan fingerprint density at radius 2 is 2.19 bits per heavy atom. The van der Waals surface area contributed by atoms with Crippen molar-refractivity contribution < 1.29 is 4.92 Å². The van der Waals surface area contributed by atoms with Crippen molar-refractivity contribution in [3.63, 3.8) is 0 Å². The summed E-state index contributed by atoms with van der Waals surface area (Å²) in [7, 11) is 0. The van der Waals surface area contributed by atoms with Gasteiger partial charge in [-0.2, -0.15) is 0 Å². The number of rotatable bonds is 4. The maximum absolute atomic E-state index is 11.1. The molecule has 0 atom stereocenters. The van der Waals surface area contributed by atoms with Crippen LogP contribution in [0.15, 0.2) is 41.8 Å². The predicted octanol–water partition coefficient (Wildman–Crippen LogP) is 4.30. The summed E-state index contributed by atoms with van der Waals surface area (Å²) in [6, 6.07) is 10.9. The summed E-state index contributed by atoms with van der Waals surface area (Å²) in [6.07, 6.45) is 0. The summed E-state index contributed by atoms with van der Waals surface area (Å²) in [5.74, 6) is 0.523. The van der Waals surface area contributed by atoms with Gasteiger partial charge in [-0.05, 0) is 23.8 Å². The molecule has 0 spiro atoms. The summed E-state index contributed by atoms with van der Waals surface area (Å²) < 4.78 is 1.09. The lowest BCUT2D eigenvalue weighted by Gasteiger charge is -2.07. The Labute approximate surface area is 125 Å². The van der Waals surface area contributed by atoms with Crippen molar-refractivity contribution in [3.05, 3.63) is 51.9 Å². The monoisotopic (exact) mass is 299 g/mol. The molecule has 106 valence electrons. The molecule has 0 saturated heterocycles. The minimum absolute atomic E-state index is 0.0458. The van der Waals surface area contributed by atoms with Crippen LogP contribution in [0.5, 0.6) is 0 Å². The van der Waals surface area contributed by atoms with E-state index in [0.717, 1.165) is 15.6 Å². The van der Waals surface area contributed by atoms with Crippen molar-refractivity contribution in [1.29, 1.82) is 0 Å². The van der Waals surface area contributed by atoms with Gasteiger partial charge in [0.1, 0.15) is 5.82 Å². The fraction of sp³-hybridized carbons (Fsp3) is 0.133. The molecule has 2 aromatic heterocycles. The molecule has 0 amide bonds. The van der Waals surface area contributed by atoms with Crippen molar-refractivity contribution >= 4 is 32.9 Å². The van der Waals surface area contributed by atoms with Gasteiger partial charge in [-0.1, -0.05) is 18.2 Å². The molecule has 0 saturated carbocycles. The van der Waals surface area contributed by atoms with Crippen LogP contribution in [0.2, 0.25) is 0 Å². The number of thiophene rings is 1. The zero-order valence-corrected chi connectivity index (χ0v) is 12.2. The van der Waals surface area contributed by atoms with E-state index in [1.807, 2.05) is 36.6 Å². The Morgan fingerprint density at radius 3 is 2.95 bits per heavy atom. The number of fused-ring (bicyclic) bond motifs is 1. The number of hydrogen-bond acceptors (Lipinski definition) is 5. The van der Waals surface area contributed by atoms with E-state index < -0.39 is 0 Å². The molecule has 1 N–H and O–H groups in total. The normalized spacial score (nSPS) is 10.7. The number of nitro groups is 1. The Morgan fingerprint density at radius 1 is 1.33 bits per heavy atom. The van der Waals surface area contributed by atoms with Gasteiger partial charge in [0.15, 0.2) is 0 Å². The number of aromatic nitrogens is 1. The van der Waals surface area contributed by atoms with Crippen LogP contribution in [0.3, 0.4) is 0 Å². The lowest BCUT2D eigenvalue weighted by molar-refractivity contribution is -0.384. The van der Waals surface area contributed by atoms with E-state index in [2.05, 4.69) is 10.3 Å². The van der Waals surface area contributed by atoms with E-state index in [0.29, 0.717) is 18.1 Å². The van der Waals surface area contributed by atoms with Crippen molar-refractivity contribution in [3.8, 4) is 11.3 Å². The average molecular weight is 299 g/mol. The standard InChI is InChI=1S/C15H13N3O2S/c1-2-16-14-9-11(18(19)20)8-13(17-14)12-5-3-4-10-6-7-21-15(10)12/h3-9H,2H2,1H3,(H,16,17). The van der Waals surface area contributed by atoms with E-state index in [1.165, 1.54) is 12.1 Å². The topological polar surface area (TPSA) is 68.1 Å². The van der Waals surface area contributed by atoms with Crippen molar-refractivity contribution in [2.24, 2.45) is 0 Å². The van der Waals surface area contributed by atoms with E-state index >= 15 is 0 Å². The highest BCUT2D eigenvalue weighted by molar-refractivity contribution is 7.17. The zero-order chi connectivity index (χ0) is 14.8. The Hall–Kier alpha value is -2.47. The first kappa shape index (κ1) is 13.5. The van der Waals surface area contributed by atoms with Crippen LogP contribution in [0, 0.1) is 10.1 Å². The molecule has 3 aromatic rings. The summed E-state index contributed by atoms with van der Waals surface area (Å²) in [4.78, 5) is 15.2. The molecule has 5 nitrogen and oxygen atoms in total. The molecule has 0 aliphatic rings. The Bertz CT molecular complexity index is 814. The predicted molar refractivity (Wildman–Crippen MR) is 85.9 cm³/mol. The summed E-state index contributed by atoms with van der Waals surface area (Å²) in [6.45, 7) is 2.59. The maximum Gasteiger partial charge on any atom is 0.275 e. The summed E-state index contributed by atoms with van der Waals surface area (Å²) in [5, 5.41) is 17.3. The minimum Gasteiger partial charge on any atom is -0.370 e. The Balaban J connectivity index is 2.21. The van der Waals surface area contributed by atoms with E-state index in [-0.39, 0.29) is 10.6 Å². The third kappa shape index (κ3) is 2.57. The van der Waals surface area contributed by atoms with Crippen LogP contribution < -0.4 is 5.32 Å². The van der Waals surface area contributed by atoms with Crippen LogP contribution in [0.25, 0.3) is 21.3 Å². The number of pyridine rings is 1. The fourth-order valence-corrected chi connectivity index (χ4v) is 3.15. The second-order valence-electron chi connectivity index (χ2n) is 4.53. The van der Waals surface area contributed by atoms with E-state index in [9.17, 15) is 10.1 Å². The van der Waals surface area contributed by atoms with Crippen molar-refractivity contribution in [2.75, 3.05) is 11.9 Å². The van der Waals surface area contributed by atoms with Gasteiger partial charge in [0.2, 0.25) is 0 Å². The molecule has 0 fully saturated rings. The summed E-state index contributed by atoms with van der Waals surface area (Å²) >= 11 is 1.61. The molecule has 2 heterocycles. The van der Waals surface area contributed by atoms with Gasteiger partial charge in [0, 0.05) is 22.9 Å². The van der Waals surface area contributed by atoms with Crippen LogP contribution in [0.4, 0.5) is 11.5 Å². The second-order valence-corrected chi connectivity index (χ2v) is 5.44. The third-order valence-electron chi connectivity index (χ3n) is 3.13. The molecule has 21 heavy (non-hydrogen) atoms. The average Bonchev–Trinajstić information content (AvgIpc) is 2.95. The molecule has 3 rings (SSSR count). The number of benzene rings is 1. The lowest BCUT2D eigenvalue weighted by Crippen LogP contribution is -2.01. The first-order chi connectivity index (χ1) is 10.2. The fourth-order valence-electron chi connectivity index (χ4n) is 2.23. The molecular weight excluding hydrogens is 286 g/mol. The van der Waals surface area contributed by atoms with Gasteiger partial charge in [-0.25, -0.2) is 4.98 Å². The SMILES string of the molecule is CCNc1cc([N+](=O)[O-])cc(-c2cccc3ccsc23)n1. The van der Waals surface area contributed by atoms with Gasteiger partial charge in [0.05, 0.1) is 16.7 Å². The minimum atomic E-state index is -0.388. The molecule has 0 aliphatic carbocycles. The second kappa shape index (κ2) is 5.49. The number of nitrogens with zero attached hydrogens (tertiary/aromatic N) is 2.